The van der Waals surface area contributed by atoms with Gasteiger partial charge < -0.3 is 10.2 Å². The summed E-state index contributed by atoms with van der Waals surface area (Å²) in [7, 11) is -3.29. The highest BCUT2D eigenvalue weighted by Gasteiger charge is 2.29. The average Bonchev–Trinajstić information content (AvgIpc) is 3.16. The minimum atomic E-state index is -3.29. The van der Waals surface area contributed by atoms with Gasteiger partial charge in [0, 0.05) is 43.5 Å². The third-order valence-corrected chi connectivity index (χ3v) is 6.92. The van der Waals surface area contributed by atoms with Crippen LogP contribution >= 0.6 is 0 Å². The molecule has 1 aliphatic carbocycles. The monoisotopic (exact) mass is 393 g/mol. The zero-order valence-corrected chi connectivity index (χ0v) is 17.0. The Morgan fingerprint density at radius 2 is 1.70 bits per heavy atom. The van der Waals surface area contributed by atoms with Gasteiger partial charge in [0.1, 0.15) is 0 Å². The number of carbonyl (C=O) groups excluding carboxylic acids is 1. The lowest BCUT2D eigenvalue weighted by Crippen LogP contribution is -2.39. The molecule has 1 N–H and O–H groups in total. The SMILES string of the molecule is CS(=O)(=O)N(CCC(=O)Nc1ccc(N2CCCCC2)cc1)C1CCCC1. The maximum absolute atomic E-state index is 12.3. The second-order valence-electron chi connectivity index (χ2n) is 7.70. The molecule has 6 nitrogen and oxygen atoms in total. The minimum Gasteiger partial charge on any atom is -0.372 e. The Morgan fingerprint density at radius 1 is 1.07 bits per heavy atom. The molecule has 0 unspecified atom stereocenters. The van der Waals surface area contributed by atoms with Gasteiger partial charge >= 0.3 is 0 Å². The number of anilines is 2. The molecule has 1 saturated heterocycles. The van der Waals surface area contributed by atoms with Crippen molar-refractivity contribution >= 4 is 27.3 Å². The van der Waals surface area contributed by atoms with E-state index in [-0.39, 0.29) is 24.9 Å². The molecule has 1 aromatic rings. The number of piperidine rings is 1. The molecular weight excluding hydrogens is 362 g/mol. The van der Waals surface area contributed by atoms with Gasteiger partial charge in [-0.05, 0) is 56.4 Å². The van der Waals surface area contributed by atoms with E-state index >= 15 is 0 Å². The van der Waals surface area contributed by atoms with Crippen LogP contribution in [0.25, 0.3) is 0 Å². The van der Waals surface area contributed by atoms with Gasteiger partial charge in [-0.25, -0.2) is 8.42 Å². The average molecular weight is 394 g/mol. The van der Waals surface area contributed by atoms with Crippen molar-refractivity contribution in [2.75, 3.05) is 36.1 Å². The maximum Gasteiger partial charge on any atom is 0.225 e. The Labute approximate surface area is 163 Å². The fourth-order valence-corrected chi connectivity index (χ4v) is 5.33. The Hall–Kier alpha value is -1.60. The zero-order valence-electron chi connectivity index (χ0n) is 16.2. The van der Waals surface area contributed by atoms with E-state index in [0.29, 0.717) is 0 Å². The number of nitrogens with one attached hydrogen (secondary N) is 1. The molecule has 1 amide bonds. The molecule has 0 spiro atoms. The Bertz CT molecular complexity index is 721. The molecule has 2 fully saturated rings. The quantitative estimate of drug-likeness (QED) is 0.772. The van der Waals surface area contributed by atoms with E-state index in [2.05, 4.69) is 10.2 Å². The molecule has 0 bridgehead atoms. The molecule has 0 aromatic heterocycles. The van der Waals surface area contributed by atoms with Crippen molar-refractivity contribution in [3.63, 3.8) is 0 Å². The summed E-state index contributed by atoms with van der Waals surface area (Å²) in [6, 6.07) is 7.99. The molecule has 3 rings (SSSR count). The molecule has 0 radical (unpaired) electrons. The third kappa shape index (κ3) is 5.69. The summed E-state index contributed by atoms with van der Waals surface area (Å²) in [6.07, 6.45) is 9.10. The highest BCUT2D eigenvalue weighted by Crippen LogP contribution is 2.26. The van der Waals surface area contributed by atoms with Crippen molar-refractivity contribution in [3.8, 4) is 0 Å². The van der Waals surface area contributed by atoms with Gasteiger partial charge in [-0.2, -0.15) is 4.31 Å². The lowest BCUT2D eigenvalue weighted by molar-refractivity contribution is -0.116. The molecule has 2 aliphatic rings. The Kier molecular flexibility index (Phi) is 6.76. The first kappa shape index (κ1) is 20.1. The highest BCUT2D eigenvalue weighted by molar-refractivity contribution is 7.88. The van der Waals surface area contributed by atoms with Crippen LogP contribution in [0.4, 0.5) is 11.4 Å². The van der Waals surface area contributed by atoms with E-state index in [1.54, 1.807) is 0 Å². The second kappa shape index (κ2) is 9.06. The van der Waals surface area contributed by atoms with E-state index in [1.165, 1.54) is 35.5 Å². The van der Waals surface area contributed by atoms with Gasteiger partial charge in [0.25, 0.3) is 0 Å². The predicted octanol–water partition coefficient (Wildman–Crippen LogP) is 3.21. The largest absolute Gasteiger partial charge is 0.372 e. The normalized spacial score (nSPS) is 18.8. The number of benzene rings is 1. The topological polar surface area (TPSA) is 69.7 Å². The molecule has 1 aromatic carbocycles. The predicted molar refractivity (Wildman–Crippen MR) is 110 cm³/mol. The summed E-state index contributed by atoms with van der Waals surface area (Å²) in [5.74, 6) is -0.146. The van der Waals surface area contributed by atoms with Crippen LogP contribution in [0.15, 0.2) is 24.3 Å². The molecule has 150 valence electrons. The van der Waals surface area contributed by atoms with Crippen LogP contribution in [0.2, 0.25) is 0 Å². The fraction of sp³-hybridized carbons (Fsp3) is 0.650. The van der Waals surface area contributed by atoms with Crippen LogP contribution in [0, 0.1) is 0 Å². The fourth-order valence-electron chi connectivity index (χ4n) is 4.15. The smallest absolute Gasteiger partial charge is 0.225 e. The summed E-state index contributed by atoms with van der Waals surface area (Å²) in [6.45, 7) is 2.43. The van der Waals surface area contributed by atoms with Crippen LogP contribution in [0.1, 0.15) is 51.4 Å². The second-order valence-corrected chi connectivity index (χ2v) is 9.64. The van der Waals surface area contributed by atoms with E-state index in [9.17, 15) is 13.2 Å². The third-order valence-electron chi connectivity index (χ3n) is 5.59. The summed E-state index contributed by atoms with van der Waals surface area (Å²) in [5, 5.41) is 2.89. The van der Waals surface area contributed by atoms with Crippen molar-refractivity contribution in [3.05, 3.63) is 24.3 Å². The number of amides is 1. The van der Waals surface area contributed by atoms with Gasteiger partial charge in [0.2, 0.25) is 15.9 Å². The Balaban J connectivity index is 1.52. The summed E-state index contributed by atoms with van der Waals surface area (Å²) in [5.41, 5.74) is 1.95. The van der Waals surface area contributed by atoms with Crippen molar-refractivity contribution in [1.29, 1.82) is 0 Å². The Morgan fingerprint density at radius 3 is 2.30 bits per heavy atom. The lowest BCUT2D eigenvalue weighted by atomic mass is 10.1. The van der Waals surface area contributed by atoms with Gasteiger partial charge in [-0.15, -0.1) is 0 Å². The van der Waals surface area contributed by atoms with Crippen molar-refractivity contribution < 1.29 is 13.2 Å². The van der Waals surface area contributed by atoms with E-state index < -0.39 is 10.0 Å². The first-order chi connectivity index (χ1) is 12.9. The molecule has 1 aliphatic heterocycles. The first-order valence-electron chi connectivity index (χ1n) is 10.1. The number of rotatable bonds is 7. The number of hydrogen-bond donors (Lipinski definition) is 1. The van der Waals surface area contributed by atoms with Crippen molar-refractivity contribution in [2.24, 2.45) is 0 Å². The molecule has 27 heavy (non-hydrogen) atoms. The lowest BCUT2D eigenvalue weighted by Gasteiger charge is -2.29. The first-order valence-corrected chi connectivity index (χ1v) is 11.9. The van der Waals surface area contributed by atoms with Crippen LogP contribution in [0.3, 0.4) is 0 Å². The van der Waals surface area contributed by atoms with E-state index in [4.69, 9.17) is 0 Å². The minimum absolute atomic E-state index is 0.0524. The van der Waals surface area contributed by atoms with E-state index in [1.807, 2.05) is 24.3 Å². The van der Waals surface area contributed by atoms with Crippen LogP contribution < -0.4 is 10.2 Å². The molecular formula is C20H31N3O3S. The van der Waals surface area contributed by atoms with E-state index in [0.717, 1.165) is 44.5 Å². The van der Waals surface area contributed by atoms with Crippen LogP contribution in [0.5, 0.6) is 0 Å². The van der Waals surface area contributed by atoms with Crippen LogP contribution in [-0.4, -0.2) is 50.6 Å². The molecule has 7 heteroatoms. The van der Waals surface area contributed by atoms with Gasteiger partial charge in [-0.1, -0.05) is 12.8 Å². The number of carbonyl (C=O) groups is 1. The summed E-state index contributed by atoms with van der Waals surface area (Å²) >= 11 is 0. The zero-order chi connectivity index (χ0) is 19.3. The van der Waals surface area contributed by atoms with Crippen LogP contribution in [-0.2, 0) is 14.8 Å². The highest BCUT2D eigenvalue weighted by atomic mass is 32.2. The van der Waals surface area contributed by atoms with Gasteiger partial charge in [-0.3, -0.25) is 4.79 Å². The maximum atomic E-state index is 12.3. The van der Waals surface area contributed by atoms with Gasteiger partial charge in [0.05, 0.1) is 6.26 Å². The molecule has 1 heterocycles. The molecule has 0 atom stereocenters. The van der Waals surface area contributed by atoms with Crippen molar-refractivity contribution in [2.45, 2.75) is 57.4 Å². The summed E-state index contributed by atoms with van der Waals surface area (Å²) < 4.78 is 25.6. The molecule has 1 saturated carbocycles. The van der Waals surface area contributed by atoms with Crippen molar-refractivity contribution in [1.82, 2.24) is 4.31 Å². The standard InChI is InChI=1S/C20H31N3O3S/c1-27(25,26)23(19-7-3-4-8-19)16-13-20(24)21-17-9-11-18(12-10-17)22-14-5-2-6-15-22/h9-12,19H,2-8,13-16H2,1H3,(H,21,24). The number of hydrogen-bond acceptors (Lipinski definition) is 4. The number of sulfonamides is 1. The number of nitrogens with zero attached hydrogens (tertiary/aromatic N) is 2. The summed E-state index contributed by atoms with van der Waals surface area (Å²) in [4.78, 5) is 14.7. The van der Waals surface area contributed by atoms with Gasteiger partial charge in [0.15, 0.2) is 0 Å².